The first-order valence-electron chi connectivity index (χ1n) is 7.57. The minimum atomic E-state index is -0.201. The van der Waals surface area contributed by atoms with Gasteiger partial charge in [0, 0.05) is 23.3 Å². The summed E-state index contributed by atoms with van der Waals surface area (Å²) in [7, 11) is 1.81. The average molecular weight is 462 g/mol. The predicted molar refractivity (Wildman–Crippen MR) is 112 cm³/mol. The molecule has 0 aliphatic carbocycles. The number of thioether (sulfide) groups is 1. The molecule has 1 aromatic heterocycles. The normalized spacial score (nSPS) is 10.9. The van der Waals surface area contributed by atoms with Crippen LogP contribution < -0.4 is 5.32 Å². The molecule has 0 fully saturated rings. The van der Waals surface area contributed by atoms with E-state index < -0.39 is 0 Å². The van der Waals surface area contributed by atoms with Gasteiger partial charge in [-0.2, -0.15) is 0 Å². The van der Waals surface area contributed by atoms with Crippen LogP contribution in [0, 0.1) is 0 Å². The van der Waals surface area contributed by atoms with E-state index in [1.807, 2.05) is 0 Å². The Hall–Kier alpha value is -1.44. The highest BCUT2D eigenvalue weighted by Gasteiger charge is 2.15. The molecule has 140 valence electrons. The van der Waals surface area contributed by atoms with E-state index in [1.165, 1.54) is 11.8 Å². The van der Waals surface area contributed by atoms with Crippen LogP contribution in [-0.4, -0.2) is 26.4 Å². The smallest absolute Gasteiger partial charge is 0.234 e. The summed E-state index contributed by atoms with van der Waals surface area (Å²) in [6.45, 7) is 0. The molecular weight excluding hydrogens is 450 g/mol. The van der Waals surface area contributed by atoms with Crippen LogP contribution in [0.25, 0.3) is 11.4 Å². The van der Waals surface area contributed by atoms with E-state index in [1.54, 1.807) is 48.0 Å². The number of amides is 1. The molecule has 27 heavy (non-hydrogen) atoms. The molecule has 0 spiro atoms. The van der Waals surface area contributed by atoms with Gasteiger partial charge in [-0.25, -0.2) is 0 Å². The van der Waals surface area contributed by atoms with Crippen LogP contribution in [0.1, 0.15) is 0 Å². The number of carbonyl (C=O) groups is 1. The molecule has 0 bridgehead atoms. The van der Waals surface area contributed by atoms with Gasteiger partial charge in [-0.05, 0) is 36.4 Å². The van der Waals surface area contributed by atoms with E-state index >= 15 is 0 Å². The third-order valence-electron chi connectivity index (χ3n) is 3.54. The summed E-state index contributed by atoms with van der Waals surface area (Å²) < 4.78 is 1.77. The molecule has 1 amide bonds. The number of aromatic nitrogens is 3. The van der Waals surface area contributed by atoms with Crippen LogP contribution in [0.5, 0.6) is 0 Å². The van der Waals surface area contributed by atoms with E-state index in [0.29, 0.717) is 42.3 Å². The lowest BCUT2D eigenvalue weighted by Crippen LogP contribution is -2.14. The summed E-state index contributed by atoms with van der Waals surface area (Å²) >= 11 is 25.2. The zero-order valence-electron chi connectivity index (χ0n) is 13.8. The number of nitrogens with zero attached hydrogens (tertiary/aromatic N) is 3. The van der Waals surface area contributed by atoms with Gasteiger partial charge < -0.3 is 9.88 Å². The maximum Gasteiger partial charge on any atom is 0.234 e. The number of carbonyl (C=O) groups excluding carboxylic acids is 1. The average Bonchev–Trinajstić information content (AvgIpc) is 2.97. The molecule has 0 saturated carbocycles. The van der Waals surface area contributed by atoms with Gasteiger partial charge in [-0.1, -0.05) is 58.2 Å². The molecule has 1 N–H and O–H groups in total. The Morgan fingerprint density at radius 1 is 1.04 bits per heavy atom. The molecule has 0 saturated heterocycles. The molecular formula is C17H12Cl4N4OS. The maximum absolute atomic E-state index is 12.2. The summed E-state index contributed by atoms with van der Waals surface area (Å²) in [6.07, 6.45) is 0. The molecule has 10 heteroatoms. The third-order valence-corrected chi connectivity index (χ3v) is 5.85. The van der Waals surface area contributed by atoms with Crippen molar-refractivity contribution in [3.05, 3.63) is 56.5 Å². The monoisotopic (exact) mass is 460 g/mol. The second kappa shape index (κ2) is 8.71. The third kappa shape index (κ3) is 4.89. The van der Waals surface area contributed by atoms with Crippen molar-refractivity contribution in [1.29, 1.82) is 0 Å². The molecule has 3 rings (SSSR count). The minimum absolute atomic E-state index is 0.153. The zero-order chi connectivity index (χ0) is 19.6. The Kier molecular flexibility index (Phi) is 6.55. The second-order valence-electron chi connectivity index (χ2n) is 5.46. The Balaban J connectivity index is 1.67. The summed E-state index contributed by atoms with van der Waals surface area (Å²) in [5.41, 5.74) is 1.28. The molecule has 0 aliphatic heterocycles. The summed E-state index contributed by atoms with van der Waals surface area (Å²) in [5.74, 6) is 0.539. The van der Waals surface area contributed by atoms with Crippen molar-refractivity contribution < 1.29 is 4.79 Å². The van der Waals surface area contributed by atoms with Gasteiger partial charge in [-0.15, -0.1) is 10.2 Å². The fourth-order valence-electron chi connectivity index (χ4n) is 2.25. The van der Waals surface area contributed by atoms with E-state index in [2.05, 4.69) is 15.5 Å². The first kappa shape index (κ1) is 20.3. The molecule has 0 aliphatic rings. The van der Waals surface area contributed by atoms with Crippen LogP contribution in [0.15, 0.2) is 41.6 Å². The van der Waals surface area contributed by atoms with Crippen LogP contribution in [-0.2, 0) is 11.8 Å². The molecule has 2 aromatic carbocycles. The summed E-state index contributed by atoms with van der Waals surface area (Å²) in [6, 6.07) is 10.0. The molecule has 0 radical (unpaired) electrons. The van der Waals surface area contributed by atoms with E-state index in [0.717, 1.165) is 0 Å². The van der Waals surface area contributed by atoms with Crippen molar-refractivity contribution in [3.8, 4) is 11.4 Å². The van der Waals surface area contributed by atoms with E-state index in [4.69, 9.17) is 46.4 Å². The number of hydrogen-bond donors (Lipinski definition) is 1. The minimum Gasteiger partial charge on any atom is -0.325 e. The molecule has 1 heterocycles. The van der Waals surface area contributed by atoms with Gasteiger partial charge in [0.2, 0.25) is 5.91 Å². The molecule has 5 nitrogen and oxygen atoms in total. The topological polar surface area (TPSA) is 59.8 Å². The SMILES string of the molecule is Cn1c(SCC(=O)Nc2ccc(Cl)c(Cl)c2)nnc1-c1ccc(Cl)cc1Cl. The Bertz CT molecular complexity index is 1010. The standard InChI is InChI=1S/C17H12Cl4N4OS/c1-25-16(11-4-2-9(18)6-13(11)20)23-24-17(25)27-8-15(26)22-10-3-5-12(19)14(21)7-10/h2-7H,8H2,1H3,(H,22,26). The summed E-state index contributed by atoms with van der Waals surface area (Å²) in [4.78, 5) is 12.2. The van der Waals surface area contributed by atoms with Crippen molar-refractivity contribution in [3.63, 3.8) is 0 Å². The van der Waals surface area contributed by atoms with Crippen LogP contribution in [0.4, 0.5) is 5.69 Å². The number of rotatable bonds is 5. The number of nitrogens with one attached hydrogen (secondary N) is 1. The number of hydrogen-bond acceptors (Lipinski definition) is 4. The Morgan fingerprint density at radius 2 is 1.81 bits per heavy atom. The number of anilines is 1. The van der Waals surface area contributed by atoms with Gasteiger partial charge in [0.1, 0.15) is 0 Å². The van der Waals surface area contributed by atoms with Crippen molar-refractivity contribution in [2.75, 3.05) is 11.1 Å². The quantitative estimate of drug-likeness (QED) is 0.485. The highest BCUT2D eigenvalue weighted by atomic mass is 35.5. The van der Waals surface area contributed by atoms with Crippen LogP contribution >= 0.6 is 58.2 Å². The fraction of sp³-hybridized carbons (Fsp3) is 0.118. The highest BCUT2D eigenvalue weighted by Crippen LogP contribution is 2.31. The highest BCUT2D eigenvalue weighted by molar-refractivity contribution is 7.99. The van der Waals surface area contributed by atoms with Crippen molar-refractivity contribution in [2.45, 2.75) is 5.16 Å². The molecule has 0 unspecified atom stereocenters. The van der Waals surface area contributed by atoms with Gasteiger partial charge in [0.05, 0.1) is 20.8 Å². The number of benzene rings is 2. The maximum atomic E-state index is 12.2. The van der Waals surface area contributed by atoms with Gasteiger partial charge in [-0.3, -0.25) is 4.79 Å². The lowest BCUT2D eigenvalue weighted by Gasteiger charge is -2.07. The fourth-order valence-corrected chi connectivity index (χ4v) is 3.75. The van der Waals surface area contributed by atoms with Crippen molar-refractivity contribution >= 4 is 69.8 Å². The first-order valence-corrected chi connectivity index (χ1v) is 10.1. The number of halogens is 4. The Morgan fingerprint density at radius 3 is 2.52 bits per heavy atom. The van der Waals surface area contributed by atoms with Crippen LogP contribution in [0.2, 0.25) is 20.1 Å². The van der Waals surface area contributed by atoms with Gasteiger partial charge >= 0.3 is 0 Å². The van der Waals surface area contributed by atoms with Crippen molar-refractivity contribution in [2.24, 2.45) is 7.05 Å². The van der Waals surface area contributed by atoms with Gasteiger partial charge in [0.15, 0.2) is 11.0 Å². The van der Waals surface area contributed by atoms with Gasteiger partial charge in [0.25, 0.3) is 0 Å². The predicted octanol–water partition coefficient (Wildman–Crippen LogP) is 5.83. The van der Waals surface area contributed by atoms with Crippen LogP contribution in [0.3, 0.4) is 0 Å². The van der Waals surface area contributed by atoms with E-state index in [9.17, 15) is 4.79 Å². The lowest BCUT2D eigenvalue weighted by atomic mass is 10.2. The molecule has 3 aromatic rings. The largest absolute Gasteiger partial charge is 0.325 e. The van der Waals surface area contributed by atoms with Crippen molar-refractivity contribution in [1.82, 2.24) is 14.8 Å². The molecule has 0 atom stereocenters. The first-order chi connectivity index (χ1) is 12.8. The Labute approximate surface area is 180 Å². The van der Waals surface area contributed by atoms with E-state index in [-0.39, 0.29) is 11.7 Å². The summed E-state index contributed by atoms with van der Waals surface area (Å²) in [5, 5.41) is 13.4. The zero-order valence-corrected chi connectivity index (χ0v) is 17.7. The second-order valence-corrected chi connectivity index (χ2v) is 8.06. The lowest BCUT2D eigenvalue weighted by molar-refractivity contribution is -0.113.